The van der Waals surface area contributed by atoms with Crippen LogP contribution in [0.3, 0.4) is 0 Å². The summed E-state index contributed by atoms with van der Waals surface area (Å²) >= 11 is 0. The van der Waals surface area contributed by atoms with Gasteiger partial charge in [-0.25, -0.2) is 0 Å². The predicted molar refractivity (Wildman–Crippen MR) is 191 cm³/mol. The van der Waals surface area contributed by atoms with Crippen molar-refractivity contribution in [2.24, 2.45) is 0 Å². The van der Waals surface area contributed by atoms with Crippen LogP contribution in [0, 0.1) is 0 Å². The molecule has 5 heterocycles. The van der Waals surface area contributed by atoms with E-state index in [2.05, 4.69) is 126 Å². The van der Waals surface area contributed by atoms with Gasteiger partial charge >= 0.3 is 0 Å². The molecular weight excluding hydrogens is 576 g/mol. The molecular formula is C42H42N4O. The summed E-state index contributed by atoms with van der Waals surface area (Å²) in [5.41, 5.74) is 8.50. The third-order valence-corrected chi connectivity index (χ3v) is 8.72. The number of hydrogen-bond donors (Lipinski definition) is 0. The first-order chi connectivity index (χ1) is 22.0. The zero-order chi connectivity index (χ0) is 32.1. The fraction of sp³-hybridized carbons (Fsp3) is 0.238. The maximum atomic E-state index is 6.52. The Balaban J connectivity index is 0.00000386. The van der Waals surface area contributed by atoms with Crippen molar-refractivity contribution in [3.63, 3.8) is 0 Å². The SMILES string of the molecule is C.CC(C)(C)c1ccc(-c2cccc(C3(c4cccc(-c5ccc(C(C)(C)C)nc5)n4)c4ccccc4Oc4ccccc43)n2)cn1. The number of fused-ring (bicyclic) bond motifs is 2. The number of nitrogens with zero attached hydrogens (tertiary/aromatic N) is 4. The molecule has 0 unspecified atom stereocenters. The van der Waals surface area contributed by atoms with E-state index in [-0.39, 0.29) is 18.3 Å². The smallest absolute Gasteiger partial charge is 0.132 e. The van der Waals surface area contributed by atoms with E-state index in [1.54, 1.807) is 0 Å². The van der Waals surface area contributed by atoms with Gasteiger partial charge < -0.3 is 4.74 Å². The summed E-state index contributed by atoms with van der Waals surface area (Å²) in [5.74, 6) is 1.57. The van der Waals surface area contributed by atoms with E-state index in [1.165, 1.54) is 0 Å². The highest BCUT2D eigenvalue weighted by atomic mass is 16.5. The predicted octanol–water partition coefficient (Wildman–Crippen LogP) is 10.3. The van der Waals surface area contributed by atoms with Crippen LogP contribution in [0.5, 0.6) is 11.5 Å². The number of hydrogen-bond acceptors (Lipinski definition) is 5. The molecule has 5 nitrogen and oxygen atoms in total. The molecule has 1 aliphatic rings. The van der Waals surface area contributed by atoms with Gasteiger partial charge in [-0.2, -0.15) is 0 Å². The zero-order valence-electron chi connectivity index (χ0n) is 27.2. The average Bonchev–Trinajstić information content (AvgIpc) is 3.07. The molecule has 6 aromatic rings. The quantitative estimate of drug-likeness (QED) is 0.196. The normalized spacial score (nSPS) is 13.5. The van der Waals surface area contributed by atoms with Crippen LogP contribution in [0.2, 0.25) is 0 Å². The summed E-state index contributed by atoms with van der Waals surface area (Å²) in [4.78, 5) is 20.4. The largest absolute Gasteiger partial charge is 0.457 e. The van der Waals surface area contributed by atoms with Crippen molar-refractivity contribution in [3.05, 3.63) is 155 Å². The Morgan fingerprint density at radius 1 is 0.489 bits per heavy atom. The van der Waals surface area contributed by atoms with Gasteiger partial charge in [0, 0.05) is 56.9 Å². The second kappa shape index (κ2) is 11.9. The molecule has 7 rings (SSSR count). The molecule has 4 aromatic heterocycles. The summed E-state index contributed by atoms with van der Waals surface area (Å²) in [5, 5.41) is 0. The third-order valence-electron chi connectivity index (χ3n) is 8.72. The van der Waals surface area contributed by atoms with Crippen molar-refractivity contribution < 1.29 is 4.74 Å². The maximum absolute atomic E-state index is 6.52. The van der Waals surface area contributed by atoms with Crippen LogP contribution < -0.4 is 4.74 Å². The monoisotopic (exact) mass is 618 g/mol. The van der Waals surface area contributed by atoms with Crippen LogP contribution in [0.25, 0.3) is 22.5 Å². The minimum Gasteiger partial charge on any atom is -0.457 e. The van der Waals surface area contributed by atoms with Crippen LogP contribution in [0.15, 0.2) is 122 Å². The standard InChI is InChI=1S/C41H38N4O.CH4/c1-39(2,3)35-23-21-27(25-42-35)31-15-11-19-37(44-31)41(29-13-7-9-17-33(29)46-34-18-10-8-14-30(34)41)38-20-12-16-32(45-38)28-22-24-36(43-26-28)40(4,5)6;/h7-26H,1-6H3;1H4. The van der Waals surface area contributed by atoms with E-state index in [1.807, 2.05) is 36.7 Å². The first-order valence-electron chi connectivity index (χ1n) is 15.8. The van der Waals surface area contributed by atoms with Crippen LogP contribution in [0.1, 0.15) is 82.9 Å². The number of aromatic nitrogens is 4. The van der Waals surface area contributed by atoms with Gasteiger partial charge in [-0.1, -0.05) is 97.5 Å². The molecule has 5 heteroatoms. The maximum Gasteiger partial charge on any atom is 0.132 e. The van der Waals surface area contributed by atoms with E-state index >= 15 is 0 Å². The lowest BCUT2D eigenvalue weighted by atomic mass is 9.67. The Labute approximate surface area is 278 Å². The highest BCUT2D eigenvalue weighted by Gasteiger charge is 2.47. The van der Waals surface area contributed by atoms with E-state index < -0.39 is 5.41 Å². The van der Waals surface area contributed by atoms with Crippen molar-refractivity contribution in [1.82, 2.24) is 19.9 Å². The van der Waals surface area contributed by atoms with Crippen LogP contribution >= 0.6 is 0 Å². The molecule has 0 spiro atoms. The van der Waals surface area contributed by atoms with Crippen molar-refractivity contribution in [1.29, 1.82) is 0 Å². The molecule has 0 radical (unpaired) electrons. The van der Waals surface area contributed by atoms with Gasteiger partial charge in [-0.05, 0) is 60.7 Å². The first-order valence-corrected chi connectivity index (χ1v) is 15.8. The highest BCUT2D eigenvalue weighted by Crippen LogP contribution is 2.54. The lowest BCUT2D eigenvalue weighted by Crippen LogP contribution is -2.36. The van der Waals surface area contributed by atoms with Crippen LogP contribution in [-0.2, 0) is 16.2 Å². The number of rotatable bonds is 4. The molecule has 0 amide bonds. The summed E-state index contributed by atoms with van der Waals surface area (Å²) in [6.07, 6.45) is 3.86. The lowest BCUT2D eigenvalue weighted by molar-refractivity contribution is 0.430. The third kappa shape index (κ3) is 5.61. The summed E-state index contributed by atoms with van der Waals surface area (Å²) in [6, 6.07) is 37.4. The number of benzene rings is 2. The molecule has 0 fully saturated rings. The Kier molecular flexibility index (Phi) is 8.05. The van der Waals surface area contributed by atoms with Crippen molar-refractivity contribution in [2.75, 3.05) is 0 Å². The average molecular weight is 619 g/mol. The Bertz CT molecular complexity index is 1890. The molecule has 0 saturated heterocycles. The van der Waals surface area contributed by atoms with Gasteiger partial charge in [0.25, 0.3) is 0 Å². The molecule has 0 saturated carbocycles. The van der Waals surface area contributed by atoms with Gasteiger partial charge in [0.1, 0.15) is 16.9 Å². The summed E-state index contributed by atoms with van der Waals surface area (Å²) in [7, 11) is 0. The fourth-order valence-corrected chi connectivity index (χ4v) is 6.26. The molecule has 0 N–H and O–H groups in total. The zero-order valence-corrected chi connectivity index (χ0v) is 27.2. The minimum absolute atomic E-state index is 0. The first kappa shape index (κ1) is 31.8. The minimum atomic E-state index is -0.852. The Morgan fingerprint density at radius 3 is 1.30 bits per heavy atom. The summed E-state index contributed by atoms with van der Waals surface area (Å²) < 4.78 is 6.52. The van der Waals surface area contributed by atoms with Crippen LogP contribution in [-0.4, -0.2) is 19.9 Å². The molecule has 1 aliphatic heterocycles. The molecule has 47 heavy (non-hydrogen) atoms. The van der Waals surface area contributed by atoms with Gasteiger partial charge in [0.05, 0.1) is 22.8 Å². The number of para-hydroxylation sites is 2. The topological polar surface area (TPSA) is 60.8 Å². The summed E-state index contributed by atoms with van der Waals surface area (Å²) in [6.45, 7) is 13.0. The molecule has 0 bridgehead atoms. The van der Waals surface area contributed by atoms with Gasteiger partial charge in [-0.3, -0.25) is 19.9 Å². The molecule has 0 atom stereocenters. The van der Waals surface area contributed by atoms with Crippen molar-refractivity contribution in [3.8, 4) is 34.0 Å². The van der Waals surface area contributed by atoms with E-state index in [0.29, 0.717) is 0 Å². The molecule has 2 aromatic carbocycles. The van der Waals surface area contributed by atoms with E-state index in [4.69, 9.17) is 24.7 Å². The fourth-order valence-electron chi connectivity index (χ4n) is 6.26. The Hall–Kier alpha value is -5.16. The van der Waals surface area contributed by atoms with Gasteiger partial charge in [-0.15, -0.1) is 0 Å². The number of pyridine rings is 4. The number of ether oxygens (including phenoxy) is 1. The van der Waals surface area contributed by atoms with Crippen molar-refractivity contribution >= 4 is 0 Å². The van der Waals surface area contributed by atoms with Crippen molar-refractivity contribution in [2.45, 2.75) is 65.2 Å². The van der Waals surface area contributed by atoms with E-state index in [0.717, 1.165) is 67.9 Å². The van der Waals surface area contributed by atoms with E-state index in [9.17, 15) is 0 Å². The lowest BCUT2D eigenvalue weighted by Gasteiger charge is -2.39. The second-order valence-corrected chi connectivity index (χ2v) is 14.0. The second-order valence-electron chi connectivity index (χ2n) is 14.0. The van der Waals surface area contributed by atoms with Crippen LogP contribution in [0.4, 0.5) is 0 Å². The van der Waals surface area contributed by atoms with Gasteiger partial charge in [0.15, 0.2) is 0 Å². The molecule has 0 aliphatic carbocycles. The Morgan fingerprint density at radius 2 is 0.915 bits per heavy atom. The van der Waals surface area contributed by atoms with Gasteiger partial charge in [0.2, 0.25) is 0 Å². The highest BCUT2D eigenvalue weighted by molar-refractivity contribution is 5.70. The molecule has 236 valence electrons.